The van der Waals surface area contributed by atoms with E-state index in [1.54, 1.807) is 30.3 Å². The molecule has 2 aromatic carbocycles. The topological polar surface area (TPSA) is 92.0 Å². The SMILES string of the molecule is CC(=O)OC(=S)c1cccc(/C=c2\[nH]c(=O)/c(=C/c3ccccc3)[nH]c2=O)c1. The van der Waals surface area contributed by atoms with E-state index < -0.39 is 17.1 Å². The molecule has 1 heterocycles. The van der Waals surface area contributed by atoms with Crippen LogP contribution >= 0.6 is 12.2 Å². The number of nitrogens with one attached hydrogen (secondary N) is 2. The van der Waals surface area contributed by atoms with Gasteiger partial charge in [-0.15, -0.1) is 0 Å². The summed E-state index contributed by atoms with van der Waals surface area (Å²) < 4.78 is 4.91. The minimum absolute atomic E-state index is 0.0398. The molecule has 140 valence electrons. The Bertz CT molecular complexity index is 1270. The van der Waals surface area contributed by atoms with Gasteiger partial charge in [0.2, 0.25) is 5.05 Å². The largest absolute Gasteiger partial charge is 0.414 e. The number of aromatic nitrogens is 2. The van der Waals surface area contributed by atoms with Crippen molar-refractivity contribution in [3.63, 3.8) is 0 Å². The molecule has 2 N–H and O–H groups in total. The Balaban J connectivity index is 2.02. The number of thiocarbonyl (C=S) groups is 1. The summed E-state index contributed by atoms with van der Waals surface area (Å²) in [4.78, 5) is 40.9. The van der Waals surface area contributed by atoms with E-state index in [-0.39, 0.29) is 15.7 Å². The Morgan fingerprint density at radius 2 is 1.46 bits per heavy atom. The fourth-order valence-electron chi connectivity index (χ4n) is 2.52. The van der Waals surface area contributed by atoms with Gasteiger partial charge in [0.25, 0.3) is 11.1 Å². The molecular weight excluding hydrogens is 376 g/mol. The van der Waals surface area contributed by atoms with Crippen molar-refractivity contribution in [3.05, 3.63) is 103 Å². The smallest absolute Gasteiger partial charge is 0.308 e. The zero-order chi connectivity index (χ0) is 20.1. The Hall–Kier alpha value is -3.58. The van der Waals surface area contributed by atoms with Crippen molar-refractivity contribution in [2.24, 2.45) is 0 Å². The van der Waals surface area contributed by atoms with Crippen LogP contribution in [0.4, 0.5) is 0 Å². The number of H-pyrrole nitrogens is 2. The lowest BCUT2D eigenvalue weighted by atomic mass is 10.1. The molecule has 0 fully saturated rings. The predicted molar refractivity (Wildman–Crippen MR) is 110 cm³/mol. The van der Waals surface area contributed by atoms with Gasteiger partial charge in [-0.05, 0) is 41.6 Å². The molecule has 0 radical (unpaired) electrons. The first-order chi connectivity index (χ1) is 13.4. The molecule has 0 aliphatic heterocycles. The second kappa shape index (κ2) is 8.41. The highest BCUT2D eigenvalue weighted by molar-refractivity contribution is 7.80. The van der Waals surface area contributed by atoms with Crippen molar-refractivity contribution >= 4 is 35.4 Å². The van der Waals surface area contributed by atoms with Crippen LogP contribution in [-0.4, -0.2) is 21.0 Å². The molecular formula is C21H16N2O4S. The standard InChI is InChI=1S/C21H16N2O4S/c1-13(24)27-21(28)16-9-5-8-15(10-16)12-18-20(26)22-17(19(25)23-18)11-14-6-3-2-4-7-14/h2-12H,1H3,(H,22,26)(H,23,25)/b17-11-,18-12-. The van der Waals surface area contributed by atoms with Gasteiger partial charge in [-0.25, -0.2) is 0 Å². The summed E-state index contributed by atoms with van der Waals surface area (Å²) in [6.45, 7) is 1.26. The summed E-state index contributed by atoms with van der Waals surface area (Å²) in [5.41, 5.74) is 1.09. The maximum Gasteiger partial charge on any atom is 0.308 e. The van der Waals surface area contributed by atoms with Crippen LogP contribution in [0.3, 0.4) is 0 Å². The van der Waals surface area contributed by atoms with E-state index in [1.165, 1.54) is 13.0 Å². The van der Waals surface area contributed by atoms with Crippen LogP contribution in [0.5, 0.6) is 0 Å². The number of carbonyl (C=O) groups excluding carboxylic acids is 1. The maximum atomic E-state index is 12.4. The number of benzene rings is 2. The van der Waals surface area contributed by atoms with E-state index in [0.29, 0.717) is 11.1 Å². The fraction of sp³-hybridized carbons (Fsp3) is 0.0476. The van der Waals surface area contributed by atoms with Gasteiger partial charge in [-0.1, -0.05) is 48.5 Å². The third-order valence-corrected chi connectivity index (χ3v) is 4.09. The van der Waals surface area contributed by atoms with Gasteiger partial charge in [0.15, 0.2) is 0 Å². The third-order valence-electron chi connectivity index (χ3n) is 3.77. The fourth-order valence-corrected chi connectivity index (χ4v) is 2.77. The van der Waals surface area contributed by atoms with Gasteiger partial charge in [-0.2, -0.15) is 0 Å². The highest BCUT2D eigenvalue weighted by atomic mass is 32.1. The van der Waals surface area contributed by atoms with Crippen LogP contribution in [0.2, 0.25) is 0 Å². The Labute approximate surface area is 164 Å². The summed E-state index contributed by atoms with van der Waals surface area (Å²) in [6, 6.07) is 16.0. The molecule has 0 saturated carbocycles. The van der Waals surface area contributed by atoms with Crippen molar-refractivity contribution in [2.75, 3.05) is 0 Å². The Morgan fingerprint density at radius 1 is 0.893 bits per heavy atom. The molecule has 0 atom stereocenters. The highest BCUT2D eigenvalue weighted by Gasteiger charge is 2.05. The molecule has 0 saturated heterocycles. The van der Waals surface area contributed by atoms with Crippen molar-refractivity contribution in [1.29, 1.82) is 0 Å². The maximum absolute atomic E-state index is 12.4. The van der Waals surface area contributed by atoms with Crippen LogP contribution < -0.4 is 21.8 Å². The summed E-state index contributed by atoms with van der Waals surface area (Å²) in [5.74, 6) is -0.509. The molecule has 6 nitrogen and oxygen atoms in total. The normalized spacial score (nSPS) is 12.0. The first-order valence-corrected chi connectivity index (χ1v) is 8.77. The van der Waals surface area contributed by atoms with E-state index in [9.17, 15) is 14.4 Å². The van der Waals surface area contributed by atoms with Gasteiger partial charge in [0.1, 0.15) is 10.7 Å². The zero-order valence-electron chi connectivity index (χ0n) is 14.9. The van der Waals surface area contributed by atoms with Gasteiger partial charge in [-0.3, -0.25) is 14.4 Å². The van der Waals surface area contributed by atoms with E-state index in [2.05, 4.69) is 9.97 Å². The molecule has 28 heavy (non-hydrogen) atoms. The molecule has 0 spiro atoms. The number of hydrogen-bond acceptors (Lipinski definition) is 5. The van der Waals surface area contributed by atoms with Crippen LogP contribution in [0, 0.1) is 0 Å². The molecule has 0 unspecified atom stereocenters. The number of carbonyl (C=O) groups is 1. The van der Waals surface area contributed by atoms with Gasteiger partial charge in [0.05, 0.1) is 0 Å². The quantitative estimate of drug-likeness (QED) is 0.512. The summed E-state index contributed by atoms with van der Waals surface area (Å²) in [6.07, 6.45) is 3.12. The minimum atomic E-state index is -0.509. The zero-order valence-corrected chi connectivity index (χ0v) is 15.7. The van der Waals surface area contributed by atoms with E-state index in [4.69, 9.17) is 17.0 Å². The highest BCUT2D eigenvalue weighted by Crippen LogP contribution is 2.08. The van der Waals surface area contributed by atoms with Crippen LogP contribution in [0.1, 0.15) is 23.6 Å². The van der Waals surface area contributed by atoms with Crippen molar-refractivity contribution in [3.8, 4) is 0 Å². The lowest BCUT2D eigenvalue weighted by Crippen LogP contribution is -2.46. The molecule has 3 aromatic rings. The van der Waals surface area contributed by atoms with Gasteiger partial charge < -0.3 is 14.7 Å². The van der Waals surface area contributed by atoms with E-state index >= 15 is 0 Å². The van der Waals surface area contributed by atoms with Gasteiger partial charge in [0, 0.05) is 12.5 Å². The number of rotatable bonds is 3. The van der Waals surface area contributed by atoms with Crippen molar-refractivity contribution in [2.45, 2.75) is 6.92 Å². The lowest BCUT2D eigenvalue weighted by molar-refractivity contribution is -0.132. The third kappa shape index (κ3) is 4.77. The van der Waals surface area contributed by atoms with Crippen LogP contribution in [-0.2, 0) is 9.53 Å². The van der Waals surface area contributed by atoms with Crippen LogP contribution in [0.25, 0.3) is 12.2 Å². The Morgan fingerprint density at radius 3 is 2.07 bits per heavy atom. The first-order valence-electron chi connectivity index (χ1n) is 8.36. The summed E-state index contributed by atoms with van der Waals surface area (Å²) in [7, 11) is 0. The lowest BCUT2D eigenvalue weighted by Gasteiger charge is -2.04. The molecule has 3 rings (SSSR count). The average Bonchev–Trinajstić information content (AvgIpc) is 2.66. The Kier molecular flexibility index (Phi) is 5.76. The van der Waals surface area contributed by atoms with E-state index in [1.807, 2.05) is 30.3 Å². The second-order valence-electron chi connectivity index (χ2n) is 5.94. The van der Waals surface area contributed by atoms with Gasteiger partial charge >= 0.3 is 5.97 Å². The molecule has 7 heteroatoms. The van der Waals surface area contributed by atoms with E-state index in [0.717, 1.165) is 5.56 Å². The number of ether oxygens (including phenoxy) is 1. The summed E-state index contributed by atoms with van der Waals surface area (Å²) >= 11 is 5.06. The predicted octanol–water partition coefficient (Wildman–Crippen LogP) is 0.959. The molecule has 0 aliphatic rings. The average molecular weight is 392 g/mol. The molecule has 0 aliphatic carbocycles. The minimum Gasteiger partial charge on any atom is -0.414 e. The van der Waals surface area contributed by atoms with Crippen molar-refractivity contribution < 1.29 is 9.53 Å². The second-order valence-corrected chi connectivity index (χ2v) is 6.31. The van der Waals surface area contributed by atoms with Crippen molar-refractivity contribution in [1.82, 2.24) is 9.97 Å². The number of esters is 1. The molecule has 0 bridgehead atoms. The number of hydrogen-bond donors (Lipinski definition) is 2. The first kappa shape index (κ1) is 19.2. The van der Waals surface area contributed by atoms with Crippen LogP contribution in [0.15, 0.2) is 64.2 Å². The monoisotopic (exact) mass is 392 g/mol. The summed E-state index contributed by atoms with van der Waals surface area (Å²) in [5, 5.41) is 0.307. The number of aromatic amines is 2. The molecule has 0 amide bonds. The molecule has 1 aromatic heterocycles.